The van der Waals surface area contributed by atoms with Crippen molar-refractivity contribution in [3.05, 3.63) is 24.3 Å². The first-order valence-corrected chi connectivity index (χ1v) is 2.61. The van der Waals surface area contributed by atoms with Crippen LogP contribution in [0.15, 0.2) is 18.6 Å². The highest BCUT2D eigenvalue weighted by atomic mass is 16.1. The van der Waals surface area contributed by atoms with Gasteiger partial charge in [0.25, 0.3) is 0 Å². The molecule has 3 nitrogen and oxygen atoms in total. The van der Waals surface area contributed by atoms with Crippen LogP contribution in [0.3, 0.4) is 0 Å². The number of hydrogen-bond donors (Lipinski definition) is 0. The fourth-order valence-electron chi connectivity index (χ4n) is 0.586. The predicted molar refractivity (Wildman–Crippen MR) is 31.3 cm³/mol. The van der Waals surface area contributed by atoms with Crippen LogP contribution in [0.5, 0.6) is 0 Å². The van der Waals surface area contributed by atoms with Crippen molar-refractivity contribution >= 4 is 6.41 Å². The van der Waals surface area contributed by atoms with E-state index in [0.717, 1.165) is 12.1 Å². The zero-order chi connectivity index (χ0) is 6.69. The Morgan fingerprint density at radius 2 is 2.56 bits per heavy atom. The molecule has 0 saturated carbocycles. The standard InChI is InChI=1S/C6H7N2O/c1-6-4-8(5-9)3-2-7-6/h2-5H,1H3/q+1. The fourth-order valence-corrected chi connectivity index (χ4v) is 0.586. The lowest BCUT2D eigenvalue weighted by Gasteiger charge is -1.83. The van der Waals surface area contributed by atoms with Crippen LogP contribution >= 0.6 is 0 Å². The minimum Gasteiger partial charge on any atom is -0.249 e. The van der Waals surface area contributed by atoms with Gasteiger partial charge in [-0.25, -0.2) is 9.78 Å². The van der Waals surface area contributed by atoms with Gasteiger partial charge in [-0.15, -0.1) is 4.57 Å². The van der Waals surface area contributed by atoms with Gasteiger partial charge in [-0.2, -0.15) is 0 Å². The molecule has 3 heteroatoms. The van der Waals surface area contributed by atoms with Crippen LogP contribution in [-0.2, 0) is 4.79 Å². The number of aryl methyl sites for hydroxylation is 1. The molecule has 1 aromatic heterocycles. The maximum absolute atomic E-state index is 10.1. The Bertz CT molecular complexity index is 222. The second kappa shape index (κ2) is 2.35. The van der Waals surface area contributed by atoms with Gasteiger partial charge in [-0.1, -0.05) is 0 Å². The number of rotatable bonds is 1. The number of carbonyl (C=O) groups excluding carboxylic acids is 1. The Labute approximate surface area is 53.0 Å². The van der Waals surface area contributed by atoms with E-state index >= 15 is 0 Å². The van der Waals surface area contributed by atoms with Gasteiger partial charge in [0.2, 0.25) is 0 Å². The quantitative estimate of drug-likeness (QED) is 0.380. The van der Waals surface area contributed by atoms with Gasteiger partial charge in [0.05, 0.1) is 6.20 Å². The van der Waals surface area contributed by atoms with Crippen molar-refractivity contribution in [1.29, 1.82) is 0 Å². The predicted octanol–water partition coefficient (Wildman–Crippen LogP) is -0.284. The van der Waals surface area contributed by atoms with E-state index in [0.29, 0.717) is 0 Å². The summed E-state index contributed by atoms with van der Waals surface area (Å²) in [5, 5.41) is 0. The second-order valence-electron chi connectivity index (χ2n) is 1.75. The molecule has 0 aliphatic carbocycles. The minimum absolute atomic E-state index is 0.731. The van der Waals surface area contributed by atoms with Crippen molar-refractivity contribution in [2.75, 3.05) is 0 Å². The summed E-state index contributed by atoms with van der Waals surface area (Å²) in [5.41, 5.74) is 0.838. The van der Waals surface area contributed by atoms with Crippen LogP contribution in [0, 0.1) is 6.92 Å². The number of hydrogen-bond acceptors (Lipinski definition) is 2. The van der Waals surface area contributed by atoms with Gasteiger partial charge in [0.1, 0.15) is 5.69 Å². The van der Waals surface area contributed by atoms with E-state index in [1.807, 2.05) is 6.92 Å². The zero-order valence-corrected chi connectivity index (χ0v) is 5.11. The maximum atomic E-state index is 10.1. The Morgan fingerprint density at radius 1 is 1.78 bits per heavy atom. The maximum Gasteiger partial charge on any atom is 0.380 e. The third-order valence-electron chi connectivity index (χ3n) is 0.975. The van der Waals surface area contributed by atoms with Crippen LogP contribution in [0.25, 0.3) is 0 Å². The van der Waals surface area contributed by atoms with E-state index in [2.05, 4.69) is 4.98 Å². The highest BCUT2D eigenvalue weighted by Gasteiger charge is 1.94. The summed E-state index contributed by atoms with van der Waals surface area (Å²) in [7, 11) is 0. The van der Waals surface area contributed by atoms with E-state index < -0.39 is 0 Å². The first-order chi connectivity index (χ1) is 4.33. The van der Waals surface area contributed by atoms with Crippen molar-refractivity contribution < 1.29 is 9.36 Å². The van der Waals surface area contributed by atoms with Gasteiger partial charge in [0, 0.05) is 0 Å². The van der Waals surface area contributed by atoms with Crippen molar-refractivity contribution in [2.45, 2.75) is 6.92 Å². The molecular formula is C6H7N2O+. The third kappa shape index (κ3) is 1.32. The largest absolute Gasteiger partial charge is 0.380 e. The summed E-state index contributed by atoms with van der Waals surface area (Å²) >= 11 is 0. The van der Waals surface area contributed by atoms with Crippen LogP contribution in [0.4, 0.5) is 0 Å². The smallest absolute Gasteiger partial charge is 0.249 e. The Morgan fingerprint density at radius 3 is 3.00 bits per heavy atom. The summed E-state index contributed by atoms with van der Waals surface area (Å²) in [4.78, 5) is 14.0. The van der Waals surface area contributed by atoms with E-state index in [1.54, 1.807) is 18.6 Å². The molecule has 0 amide bonds. The Hall–Kier alpha value is -1.25. The Kier molecular flexibility index (Phi) is 1.53. The van der Waals surface area contributed by atoms with Crippen molar-refractivity contribution in [2.24, 2.45) is 0 Å². The van der Waals surface area contributed by atoms with Crippen molar-refractivity contribution in [3.63, 3.8) is 0 Å². The van der Waals surface area contributed by atoms with Gasteiger partial charge < -0.3 is 0 Å². The normalized spacial score (nSPS) is 9.00. The van der Waals surface area contributed by atoms with Gasteiger partial charge in [0.15, 0.2) is 12.4 Å². The second-order valence-corrected chi connectivity index (χ2v) is 1.75. The first kappa shape index (κ1) is 5.88. The molecule has 0 aliphatic heterocycles. The lowest BCUT2D eigenvalue weighted by atomic mass is 10.5. The van der Waals surface area contributed by atoms with Crippen LogP contribution in [0.2, 0.25) is 0 Å². The van der Waals surface area contributed by atoms with Gasteiger partial charge >= 0.3 is 6.41 Å². The average molecular weight is 123 g/mol. The molecule has 0 atom stereocenters. The van der Waals surface area contributed by atoms with E-state index in [1.165, 1.54) is 4.57 Å². The number of aromatic nitrogens is 2. The summed E-state index contributed by atoms with van der Waals surface area (Å²) < 4.78 is 1.42. The lowest BCUT2D eigenvalue weighted by molar-refractivity contribution is -0.553. The molecule has 0 aliphatic rings. The fraction of sp³-hybridized carbons (Fsp3) is 0.167. The van der Waals surface area contributed by atoms with Crippen LogP contribution < -0.4 is 4.57 Å². The Balaban J connectivity index is 3.07. The van der Waals surface area contributed by atoms with Crippen molar-refractivity contribution in [3.8, 4) is 0 Å². The molecule has 9 heavy (non-hydrogen) atoms. The number of carbonyl (C=O) groups is 1. The SMILES string of the molecule is Cc1c[n+](C=O)ccn1. The van der Waals surface area contributed by atoms with Gasteiger partial charge in [-0.05, 0) is 6.92 Å². The molecule has 46 valence electrons. The number of nitrogens with zero attached hydrogens (tertiary/aromatic N) is 2. The molecule has 0 radical (unpaired) electrons. The summed E-state index contributed by atoms with van der Waals surface area (Å²) in [5.74, 6) is 0. The molecule has 1 rings (SSSR count). The zero-order valence-electron chi connectivity index (χ0n) is 5.11. The van der Waals surface area contributed by atoms with Crippen LogP contribution in [-0.4, -0.2) is 11.4 Å². The first-order valence-electron chi connectivity index (χ1n) is 2.61. The van der Waals surface area contributed by atoms with Crippen molar-refractivity contribution in [1.82, 2.24) is 4.98 Å². The molecule has 0 spiro atoms. The van der Waals surface area contributed by atoms with Crippen LogP contribution in [0.1, 0.15) is 5.69 Å². The molecule has 0 saturated heterocycles. The monoisotopic (exact) mass is 123 g/mol. The molecule has 0 bridgehead atoms. The molecular weight excluding hydrogens is 116 g/mol. The molecule has 1 aromatic rings. The summed E-state index contributed by atoms with van der Waals surface area (Å²) in [6.07, 6.45) is 5.57. The molecule has 1 heterocycles. The molecule has 0 unspecified atom stereocenters. The highest BCUT2D eigenvalue weighted by molar-refractivity contribution is 5.34. The lowest BCUT2D eigenvalue weighted by Crippen LogP contribution is -2.32. The molecule has 0 aromatic carbocycles. The molecule has 0 N–H and O–H groups in total. The third-order valence-corrected chi connectivity index (χ3v) is 0.975. The topological polar surface area (TPSA) is 33.8 Å². The van der Waals surface area contributed by atoms with Gasteiger partial charge in [-0.3, -0.25) is 0 Å². The van der Waals surface area contributed by atoms with E-state index in [4.69, 9.17) is 0 Å². The minimum atomic E-state index is 0.731. The molecule has 0 fully saturated rings. The van der Waals surface area contributed by atoms with E-state index in [9.17, 15) is 4.79 Å². The average Bonchev–Trinajstić information content (AvgIpc) is 1.88. The summed E-state index contributed by atoms with van der Waals surface area (Å²) in [6.45, 7) is 1.83. The summed E-state index contributed by atoms with van der Waals surface area (Å²) in [6, 6.07) is 0. The highest BCUT2D eigenvalue weighted by Crippen LogP contribution is 1.79. The van der Waals surface area contributed by atoms with E-state index in [-0.39, 0.29) is 0 Å².